The number of hydrogen-bond donors (Lipinski definition) is 0. The van der Waals surface area contributed by atoms with Crippen molar-refractivity contribution in [2.45, 2.75) is 0 Å². The number of aromatic nitrogens is 2. The first-order valence-electron chi connectivity index (χ1n) is 18.7. The van der Waals surface area contributed by atoms with Gasteiger partial charge in [-0.3, -0.25) is 0 Å². The summed E-state index contributed by atoms with van der Waals surface area (Å²) < 4.78 is 6.90. The molecular formula is C52H32N2O. The molecule has 0 N–H and O–H groups in total. The number of rotatable bonds is 5. The second kappa shape index (κ2) is 12.6. The molecule has 0 spiro atoms. The summed E-state index contributed by atoms with van der Waals surface area (Å²) in [7, 11) is 0. The first-order chi connectivity index (χ1) is 27.3. The molecule has 256 valence electrons. The topological polar surface area (TPSA) is 38.9 Å². The highest BCUT2D eigenvalue weighted by Gasteiger charge is 2.21. The number of para-hydroxylation sites is 1. The van der Waals surface area contributed by atoms with Gasteiger partial charge in [0.05, 0.1) is 0 Å². The summed E-state index contributed by atoms with van der Waals surface area (Å²) in [4.78, 5) is 10.3. The van der Waals surface area contributed by atoms with Crippen LogP contribution in [0.3, 0.4) is 0 Å². The third-order valence-electron chi connectivity index (χ3n) is 10.9. The average Bonchev–Trinajstić information content (AvgIpc) is 3.66. The van der Waals surface area contributed by atoms with Gasteiger partial charge in [-0.05, 0) is 78.3 Å². The molecule has 0 amide bonds. The smallest absolute Gasteiger partial charge is 0.180 e. The highest BCUT2D eigenvalue weighted by Crippen LogP contribution is 2.42. The van der Waals surface area contributed by atoms with Crippen LogP contribution in [0.15, 0.2) is 199 Å². The van der Waals surface area contributed by atoms with Crippen LogP contribution in [0, 0.1) is 0 Å². The van der Waals surface area contributed by atoms with E-state index in [4.69, 9.17) is 14.4 Å². The van der Waals surface area contributed by atoms with Gasteiger partial charge in [-0.2, -0.15) is 0 Å². The zero-order chi connectivity index (χ0) is 36.3. The van der Waals surface area contributed by atoms with Crippen molar-refractivity contribution in [3.63, 3.8) is 0 Å². The Morgan fingerprint density at radius 3 is 1.49 bits per heavy atom. The Labute approximate surface area is 317 Å². The SMILES string of the molecule is c1ccc(-c2ccc(-c3nc(-c4ccccc4)nc4c3oc3c(-c5cccc(-c6ccc7c8ccccc8c8ccccc8c7c6)c5)cccc34)cc2)cc1. The van der Waals surface area contributed by atoms with E-state index in [2.05, 4.69) is 170 Å². The van der Waals surface area contributed by atoms with Crippen molar-refractivity contribution >= 4 is 54.4 Å². The molecule has 0 aliphatic carbocycles. The van der Waals surface area contributed by atoms with Crippen LogP contribution in [0.25, 0.3) is 110 Å². The van der Waals surface area contributed by atoms with Crippen molar-refractivity contribution in [2.75, 3.05) is 0 Å². The molecule has 55 heavy (non-hydrogen) atoms. The lowest BCUT2D eigenvalue weighted by Gasteiger charge is -2.12. The Morgan fingerprint density at radius 2 is 0.782 bits per heavy atom. The highest BCUT2D eigenvalue weighted by atomic mass is 16.3. The van der Waals surface area contributed by atoms with Crippen LogP contribution in [0.1, 0.15) is 0 Å². The van der Waals surface area contributed by atoms with Gasteiger partial charge in [0.2, 0.25) is 0 Å². The first-order valence-corrected chi connectivity index (χ1v) is 18.7. The van der Waals surface area contributed by atoms with E-state index >= 15 is 0 Å². The molecule has 0 unspecified atom stereocenters. The highest BCUT2D eigenvalue weighted by molar-refractivity contribution is 6.25. The third kappa shape index (κ3) is 5.20. The molecule has 0 bridgehead atoms. The van der Waals surface area contributed by atoms with E-state index in [1.165, 1.54) is 43.4 Å². The molecule has 11 aromatic rings. The van der Waals surface area contributed by atoms with Crippen LogP contribution >= 0.6 is 0 Å². The predicted octanol–water partition coefficient (Wildman–Crippen LogP) is 14.2. The Morgan fingerprint density at radius 1 is 0.291 bits per heavy atom. The van der Waals surface area contributed by atoms with Crippen LogP contribution in [0.5, 0.6) is 0 Å². The van der Waals surface area contributed by atoms with Crippen molar-refractivity contribution in [3.05, 3.63) is 194 Å². The van der Waals surface area contributed by atoms with E-state index in [-0.39, 0.29) is 0 Å². The van der Waals surface area contributed by atoms with Crippen molar-refractivity contribution in [1.82, 2.24) is 9.97 Å². The molecule has 0 fully saturated rings. The maximum atomic E-state index is 6.90. The minimum absolute atomic E-state index is 0.668. The van der Waals surface area contributed by atoms with Crippen LogP contribution in [0.2, 0.25) is 0 Å². The van der Waals surface area contributed by atoms with E-state index in [1.807, 2.05) is 24.3 Å². The fourth-order valence-corrected chi connectivity index (χ4v) is 8.21. The van der Waals surface area contributed by atoms with E-state index in [0.29, 0.717) is 11.4 Å². The Hall–Kier alpha value is -7.36. The molecule has 0 saturated carbocycles. The predicted molar refractivity (Wildman–Crippen MR) is 229 cm³/mol. The first kappa shape index (κ1) is 31.2. The van der Waals surface area contributed by atoms with Gasteiger partial charge in [-0.1, -0.05) is 176 Å². The zero-order valence-electron chi connectivity index (χ0n) is 29.8. The zero-order valence-corrected chi connectivity index (χ0v) is 29.8. The Balaban J connectivity index is 1.07. The van der Waals surface area contributed by atoms with E-state index in [1.54, 1.807) is 0 Å². The van der Waals surface area contributed by atoms with Gasteiger partial charge < -0.3 is 4.42 Å². The fraction of sp³-hybridized carbons (Fsp3) is 0. The summed E-state index contributed by atoms with van der Waals surface area (Å²) in [6.45, 7) is 0. The van der Waals surface area contributed by atoms with Crippen LogP contribution in [0.4, 0.5) is 0 Å². The summed E-state index contributed by atoms with van der Waals surface area (Å²) in [6, 6.07) is 68.6. The maximum Gasteiger partial charge on any atom is 0.180 e. The van der Waals surface area contributed by atoms with Gasteiger partial charge in [-0.25, -0.2) is 9.97 Å². The molecule has 0 aliphatic heterocycles. The summed E-state index contributed by atoms with van der Waals surface area (Å²) >= 11 is 0. The second-order valence-electron chi connectivity index (χ2n) is 14.1. The summed E-state index contributed by atoms with van der Waals surface area (Å²) in [5.74, 6) is 0.668. The molecular weight excluding hydrogens is 669 g/mol. The lowest BCUT2D eigenvalue weighted by molar-refractivity contribution is 0.668. The van der Waals surface area contributed by atoms with Crippen molar-refractivity contribution in [3.8, 4) is 56.0 Å². The standard InChI is InChI=1S/C52H32N2O/c1-3-13-33(14-4-1)34-25-27-35(28-26-34)48-51-49(54-52(53-48)36-15-5-2-6-16-36)46-24-12-23-40(50(46)55-51)39-18-11-17-37(31-39)38-29-30-45-43-21-8-7-19-41(43)42-20-9-10-22-44(42)47(45)32-38/h1-32H. The van der Waals surface area contributed by atoms with Gasteiger partial charge in [0.1, 0.15) is 16.8 Å². The van der Waals surface area contributed by atoms with E-state index < -0.39 is 0 Å². The van der Waals surface area contributed by atoms with Crippen LogP contribution in [-0.2, 0) is 0 Å². The van der Waals surface area contributed by atoms with Gasteiger partial charge in [0.15, 0.2) is 11.4 Å². The van der Waals surface area contributed by atoms with Gasteiger partial charge in [-0.15, -0.1) is 0 Å². The van der Waals surface area contributed by atoms with Gasteiger partial charge in [0.25, 0.3) is 0 Å². The quantitative estimate of drug-likeness (QED) is 0.168. The van der Waals surface area contributed by atoms with Crippen molar-refractivity contribution in [1.29, 1.82) is 0 Å². The van der Waals surface area contributed by atoms with Crippen LogP contribution < -0.4 is 0 Å². The fourth-order valence-electron chi connectivity index (χ4n) is 8.21. The maximum absolute atomic E-state index is 6.90. The second-order valence-corrected chi connectivity index (χ2v) is 14.1. The molecule has 0 aliphatic rings. The summed E-state index contributed by atoms with van der Waals surface area (Å²) in [5.41, 5.74) is 11.7. The lowest BCUT2D eigenvalue weighted by Crippen LogP contribution is -1.93. The van der Waals surface area contributed by atoms with Gasteiger partial charge >= 0.3 is 0 Å². The molecule has 3 heteroatoms. The molecule has 2 aromatic heterocycles. The third-order valence-corrected chi connectivity index (χ3v) is 10.9. The summed E-state index contributed by atoms with van der Waals surface area (Å²) in [6.07, 6.45) is 0. The van der Waals surface area contributed by atoms with Gasteiger partial charge in [0, 0.05) is 22.1 Å². The average molecular weight is 701 g/mol. The minimum atomic E-state index is 0.668. The Kier molecular flexibility index (Phi) is 7.17. The number of furan rings is 1. The molecule has 3 nitrogen and oxygen atoms in total. The lowest BCUT2D eigenvalue weighted by atomic mass is 9.91. The normalized spacial score (nSPS) is 11.6. The molecule has 0 radical (unpaired) electrons. The number of nitrogens with zero attached hydrogens (tertiary/aromatic N) is 2. The molecule has 11 rings (SSSR count). The van der Waals surface area contributed by atoms with Crippen LogP contribution in [-0.4, -0.2) is 9.97 Å². The molecule has 0 saturated heterocycles. The number of fused-ring (bicyclic) bond motifs is 9. The molecule has 0 atom stereocenters. The van der Waals surface area contributed by atoms with Crippen molar-refractivity contribution < 1.29 is 4.42 Å². The summed E-state index contributed by atoms with van der Waals surface area (Å²) in [5, 5.41) is 8.59. The van der Waals surface area contributed by atoms with E-state index in [9.17, 15) is 0 Å². The monoisotopic (exact) mass is 700 g/mol. The Bertz CT molecular complexity index is 3200. The number of hydrogen-bond acceptors (Lipinski definition) is 3. The molecule has 9 aromatic carbocycles. The number of benzene rings is 9. The minimum Gasteiger partial charge on any atom is -0.451 e. The van der Waals surface area contributed by atoms with Crippen molar-refractivity contribution in [2.24, 2.45) is 0 Å². The molecule has 2 heterocycles. The largest absolute Gasteiger partial charge is 0.451 e. The van der Waals surface area contributed by atoms with E-state index in [0.717, 1.165) is 55.6 Å².